The molecule has 0 bridgehead atoms. The molecule has 0 aliphatic heterocycles. The van der Waals surface area contributed by atoms with Crippen LogP contribution in [0.25, 0.3) is 0 Å². The van der Waals surface area contributed by atoms with E-state index in [0.29, 0.717) is 22.0 Å². The molecule has 2 aromatic rings. The number of esters is 1. The Morgan fingerprint density at radius 3 is 2.54 bits per heavy atom. The van der Waals surface area contributed by atoms with Gasteiger partial charge in [-0.25, -0.2) is 4.79 Å². The number of methoxy groups -OCH3 is 2. The highest BCUT2D eigenvalue weighted by Crippen LogP contribution is 2.27. The topological polar surface area (TPSA) is 86.2 Å². The quantitative estimate of drug-likeness (QED) is 0.455. The highest BCUT2D eigenvalue weighted by Gasteiger charge is 2.07. The second-order valence-corrected chi connectivity index (χ2v) is 5.47. The van der Waals surface area contributed by atoms with Crippen molar-refractivity contribution >= 4 is 35.4 Å². The number of carbonyl (C=O) groups excluding carboxylic acids is 2. The predicted octanol–water partition coefficient (Wildman–Crippen LogP) is 3.28. The number of ether oxygens (including phenoxy) is 2. The maximum Gasteiger partial charge on any atom is 0.337 e. The summed E-state index contributed by atoms with van der Waals surface area (Å²) < 4.78 is 9.76. The van der Waals surface area contributed by atoms with Gasteiger partial charge < -0.3 is 19.6 Å². The number of amides is 1. The van der Waals surface area contributed by atoms with Crippen LogP contribution in [0.2, 0.25) is 5.02 Å². The maximum atomic E-state index is 11.9. The van der Waals surface area contributed by atoms with E-state index >= 15 is 0 Å². The van der Waals surface area contributed by atoms with Gasteiger partial charge in [-0.15, -0.1) is 0 Å². The van der Waals surface area contributed by atoms with Crippen molar-refractivity contribution in [3.8, 4) is 5.75 Å². The molecule has 0 atom stereocenters. The molecule has 0 spiro atoms. The number of anilines is 1. The monoisotopic (exact) mass is 376 g/mol. The van der Waals surface area contributed by atoms with Crippen LogP contribution in [0.5, 0.6) is 5.75 Å². The molecule has 2 aromatic carbocycles. The van der Waals surface area contributed by atoms with Gasteiger partial charge in [0.2, 0.25) is 0 Å². The van der Waals surface area contributed by atoms with Crippen molar-refractivity contribution in [2.75, 3.05) is 19.5 Å². The van der Waals surface area contributed by atoms with E-state index in [1.807, 2.05) is 0 Å². The van der Waals surface area contributed by atoms with Gasteiger partial charge in [0.1, 0.15) is 18.6 Å². The SMILES string of the molecule is COC(=O)c1ccc(CO/N=C\C(=O)Nc2cc(Cl)ccc2OC)cc1. The van der Waals surface area contributed by atoms with Crippen LogP contribution >= 0.6 is 11.6 Å². The molecule has 0 heterocycles. The number of nitrogens with zero attached hydrogens (tertiary/aromatic N) is 1. The third-order valence-corrected chi connectivity index (χ3v) is 3.51. The standard InChI is InChI=1S/C18H17ClN2O5/c1-24-16-8-7-14(19)9-15(16)21-17(22)10-20-26-11-12-3-5-13(6-4-12)18(23)25-2/h3-10H,11H2,1-2H3,(H,21,22)/b20-10-. The minimum absolute atomic E-state index is 0.145. The molecule has 0 aromatic heterocycles. The molecular formula is C18H17ClN2O5. The number of hydrogen-bond acceptors (Lipinski definition) is 6. The number of nitrogens with one attached hydrogen (secondary N) is 1. The number of oxime groups is 1. The van der Waals surface area contributed by atoms with Crippen molar-refractivity contribution in [1.29, 1.82) is 0 Å². The molecule has 0 saturated carbocycles. The van der Waals surface area contributed by atoms with E-state index in [1.54, 1.807) is 42.5 Å². The molecule has 0 saturated heterocycles. The average molecular weight is 377 g/mol. The molecule has 7 nitrogen and oxygen atoms in total. The van der Waals surface area contributed by atoms with Gasteiger partial charge in [-0.2, -0.15) is 0 Å². The summed E-state index contributed by atoms with van der Waals surface area (Å²) in [4.78, 5) is 28.3. The molecule has 1 amide bonds. The lowest BCUT2D eigenvalue weighted by molar-refractivity contribution is -0.110. The van der Waals surface area contributed by atoms with Crippen LogP contribution < -0.4 is 10.1 Å². The molecule has 0 radical (unpaired) electrons. The summed E-state index contributed by atoms with van der Waals surface area (Å²) in [7, 11) is 2.81. The normalized spacial score (nSPS) is 10.4. The van der Waals surface area contributed by atoms with Crippen LogP contribution in [0.15, 0.2) is 47.6 Å². The minimum Gasteiger partial charge on any atom is -0.495 e. The van der Waals surface area contributed by atoms with Crippen LogP contribution in [-0.4, -0.2) is 32.3 Å². The lowest BCUT2D eigenvalue weighted by Crippen LogP contribution is -2.13. The first-order valence-corrected chi connectivity index (χ1v) is 7.88. The van der Waals surface area contributed by atoms with E-state index in [1.165, 1.54) is 14.2 Å². The lowest BCUT2D eigenvalue weighted by Gasteiger charge is -2.08. The fourth-order valence-corrected chi connectivity index (χ4v) is 2.17. The van der Waals surface area contributed by atoms with Gasteiger partial charge in [0.05, 0.1) is 25.5 Å². The number of benzene rings is 2. The van der Waals surface area contributed by atoms with Gasteiger partial charge in [0.15, 0.2) is 0 Å². The second kappa shape index (κ2) is 9.43. The van der Waals surface area contributed by atoms with Crippen LogP contribution in [-0.2, 0) is 21.0 Å². The van der Waals surface area contributed by atoms with E-state index in [-0.39, 0.29) is 6.61 Å². The Morgan fingerprint density at radius 2 is 1.88 bits per heavy atom. The average Bonchev–Trinajstić information content (AvgIpc) is 2.65. The smallest absolute Gasteiger partial charge is 0.337 e. The van der Waals surface area contributed by atoms with Gasteiger partial charge >= 0.3 is 5.97 Å². The van der Waals surface area contributed by atoms with Crippen molar-refractivity contribution in [3.63, 3.8) is 0 Å². The van der Waals surface area contributed by atoms with Gasteiger partial charge in [-0.05, 0) is 35.9 Å². The maximum absolute atomic E-state index is 11.9. The number of halogens is 1. The van der Waals surface area contributed by atoms with Crippen molar-refractivity contribution in [3.05, 3.63) is 58.6 Å². The fourth-order valence-electron chi connectivity index (χ4n) is 1.99. The number of hydrogen-bond donors (Lipinski definition) is 1. The predicted molar refractivity (Wildman–Crippen MR) is 97.7 cm³/mol. The Hall–Kier alpha value is -3.06. The van der Waals surface area contributed by atoms with Crippen molar-refractivity contribution in [2.45, 2.75) is 6.61 Å². The molecule has 0 fully saturated rings. The number of rotatable bonds is 7. The molecular weight excluding hydrogens is 360 g/mol. The van der Waals surface area contributed by atoms with Gasteiger partial charge in [0.25, 0.3) is 5.91 Å². The highest BCUT2D eigenvalue weighted by atomic mass is 35.5. The third-order valence-electron chi connectivity index (χ3n) is 3.27. The van der Waals surface area contributed by atoms with E-state index < -0.39 is 11.9 Å². The van der Waals surface area contributed by atoms with Gasteiger partial charge in [0, 0.05) is 5.02 Å². The fraction of sp³-hybridized carbons (Fsp3) is 0.167. The summed E-state index contributed by atoms with van der Waals surface area (Å²) in [6.07, 6.45) is 1.00. The van der Waals surface area contributed by atoms with Gasteiger partial charge in [-0.3, -0.25) is 4.79 Å². The Balaban J connectivity index is 1.86. The van der Waals surface area contributed by atoms with Crippen molar-refractivity contribution < 1.29 is 23.9 Å². The molecule has 1 N–H and O–H groups in total. The zero-order chi connectivity index (χ0) is 18.9. The largest absolute Gasteiger partial charge is 0.495 e. The first kappa shape index (κ1) is 19.3. The van der Waals surface area contributed by atoms with E-state index in [0.717, 1.165) is 11.8 Å². The number of carbonyl (C=O) groups is 2. The van der Waals surface area contributed by atoms with Crippen LogP contribution in [0.3, 0.4) is 0 Å². The van der Waals surface area contributed by atoms with Crippen LogP contribution in [0.1, 0.15) is 15.9 Å². The molecule has 0 unspecified atom stereocenters. The third kappa shape index (κ3) is 5.49. The molecule has 26 heavy (non-hydrogen) atoms. The van der Waals surface area contributed by atoms with E-state index in [4.69, 9.17) is 21.2 Å². The molecule has 8 heteroatoms. The Morgan fingerprint density at radius 1 is 1.15 bits per heavy atom. The summed E-state index contributed by atoms with van der Waals surface area (Å²) in [5.41, 5.74) is 1.65. The molecule has 136 valence electrons. The first-order chi connectivity index (χ1) is 12.5. The Labute approximate surface area is 155 Å². The Bertz CT molecular complexity index is 806. The molecule has 2 rings (SSSR count). The summed E-state index contributed by atoms with van der Waals surface area (Å²) in [6, 6.07) is 11.5. The molecule has 0 aliphatic rings. The van der Waals surface area contributed by atoms with E-state index in [2.05, 4.69) is 15.2 Å². The highest BCUT2D eigenvalue weighted by molar-refractivity contribution is 6.33. The zero-order valence-corrected chi connectivity index (χ0v) is 14.9. The lowest BCUT2D eigenvalue weighted by atomic mass is 10.1. The van der Waals surface area contributed by atoms with Crippen LogP contribution in [0, 0.1) is 0 Å². The summed E-state index contributed by atoms with van der Waals surface area (Å²) in [5, 5.41) is 6.67. The van der Waals surface area contributed by atoms with Crippen LogP contribution in [0.4, 0.5) is 5.69 Å². The summed E-state index contributed by atoms with van der Waals surface area (Å²) in [5.74, 6) is -0.432. The Kier molecular flexibility index (Phi) is 6.99. The summed E-state index contributed by atoms with van der Waals surface area (Å²) in [6.45, 7) is 0.145. The summed E-state index contributed by atoms with van der Waals surface area (Å²) >= 11 is 5.90. The van der Waals surface area contributed by atoms with Crippen molar-refractivity contribution in [2.24, 2.45) is 5.16 Å². The van der Waals surface area contributed by atoms with E-state index in [9.17, 15) is 9.59 Å². The minimum atomic E-state index is -0.494. The second-order valence-electron chi connectivity index (χ2n) is 5.03. The zero-order valence-electron chi connectivity index (χ0n) is 14.2. The van der Waals surface area contributed by atoms with Gasteiger partial charge in [-0.1, -0.05) is 28.9 Å². The first-order valence-electron chi connectivity index (χ1n) is 7.50. The molecule has 0 aliphatic carbocycles. The van der Waals surface area contributed by atoms with Crippen molar-refractivity contribution in [1.82, 2.24) is 0 Å².